The molecule has 14 heavy (non-hydrogen) atoms. The summed E-state index contributed by atoms with van der Waals surface area (Å²) in [6.07, 6.45) is 0. The van der Waals surface area contributed by atoms with Crippen LogP contribution in [-0.2, 0) is 23.9 Å². The van der Waals surface area contributed by atoms with Crippen molar-refractivity contribution < 1.29 is 23.9 Å². The SMILES string of the molecule is COC(=O)[C@H]1C(=O)CS[C@@H]1C(=O)OC. The normalized spacial score (nSPS) is 26.0. The van der Waals surface area contributed by atoms with Gasteiger partial charge in [0.2, 0.25) is 0 Å². The van der Waals surface area contributed by atoms with Crippen LogP contribution in [0.4, 0.5) is 0 Å². The summed E-state index contributed by atoms with van der Waals surface area (Å²) >= 11 is 1.11. The molecule has 1 aliphatic heterocycles. The van der Waals surface area contributed by atoms with Crippen LogP contribution in [0.2, 0.25) is 0 Å². The van der Waals surface area contributed by atoms with Gasteiger partial charge in [0.25, 0.3) is 0 Å². The predicted octanol–water partition coefficient (Wildman–Crippen LogP) is -0.367. The molecule has 1 aliphatic rings. The number of rotatable bonds is 2. The monoisotopic (exact) mass is 218 g/mol. The lowest BCUT2D eigenvalue weighted by Crippen LogP contribution is -2.34. The first kappa shape index (κ1) is 11.0. The average Bonchev–Trinajstić information content (AvgIpc) is 2.58. The molecule has 0 aromatic carbocycles. The van der Waals surface area contributed by atoms with Gasteiger partial charge < -0.3 is 9.47 Å². The molecule has 0 aromatic rings. The second kappa shape index (κ2) is 4.45. The molecular weight excluding hydrogens is 208 g/mol. The van der Waals surface area contributed by atoms with E-state index in [-0.39, 0.29) is 11.5 Å². The Morgan fingerprint density at radius 1 is 1.29 bits per heavy atom. The van der Waals surface area contributed by atoms with Gasteiger partial charge in [0, 0.05) is 0 Å². The molecule has 0 spiro atoms. The molecule has 1 saturated heterocycles. The first-order valence-corrected chi connectivity index (χ1v) is 4.96. The van der Waals surface area contributed by atoms with Gasteiger partial charge in [0.15, 0.2) is 5.78 Å². The van der Waals surface area contributed by atoms with Crippen LogP contribution in [0.15, 0.2) is 0 Å². The van der Waals surface area contributed by atoms with Crippen molar-refractivity contribution >= 4 is 29.5 Å². The summed E-state index contributed by atoms with van der Waals surface area (Å²) in [6.45, 7) is 0. The highest BCUT2D eigenvalue weighted by Crippen LogP contribution is 2.31. The number of esters is 2. The van der Waals surface area contributed by atoms with Crippen LogP contribution in [0.1, 0.15) is 0 Å². The highest BCUT2D eigenvalue weighted by Gasteiger charge is 2.46. The zero-order chi connectivity index (χ0) is 10.7. The molecule has 1 rings (SSSR count). The smallest absolute Gasteiger partial charge is 0.320 e. The van der Waals surface area contributed by atoms with Gasteiger partial charge in [-0.25, -0.2) is 0 Å². The van der Waals surface area contributed by atoms with Gasteiger partial charge in [-0.05, 0) is 0 Å². The van der Waals surface area contributed by atoms with E-state index < -0.39 is 23.1 Å². The Labute approximate surface area is 85.1 Å². The number of methoxy groups -OCH3 is 2. The lowest BCUT2D eigenvalue weighted by molar-refractivity contribution is -0.153. The maximum atomic E-state index is 11.3. The molecule has 0 saturated carbocycles. The fourth-order valence-electron chi connectivity index (χ4n) is 1.23. The number of ether oxygens (including phenoxy) is 2. The number of Topliss-reactive ketones (excluding diaryl/α,β-unsaturated/α-hetero) is 1. The minimum atomic E-state index is -1.00. The fraction of sp³-hybridized carbons (Fsp3) is 0.625. The van der Waals surface area contributed by atoms with E-state index >= 15 is 0 Å². The van der Waals surface area contributed by atoms with Crippen LogP contribution in [0.5, 0.6) is 0 Å². The van der Waals surface area contributed by atoms with Crippen LogP contribution in [0.3, 0.4) is 0 Å². The van der Waals surface area contributed by atoms with Crippen LogP contribution >= 0.6 is 11.8 Å². The molecule has 0 unspecified atom stereocenters. The number of carbonyl (C=O) groups is 3. The number of hydrogen-bond acceptors (Lipinski definition) is 6. The van der Waals surface area contributed by atoms with Gasteiger partial charge in [0.1, 0.15) is 11.2 Å². The third-order valence-corrected chi connectivity index (χ3v) is 3.22. The van der Waals surface area contributed by atoms with Gasteiger partial charge in [-0.1, -0.05) is 0 Å². The molecule has 0 radical (unpaired) electrons. The second-order valence-electron chi connectivity index (χ2n) is 2.72. The maximum absolute atomic E-state index is 11.3. The molecule has 1 heterocycles. The lowest BCUT2D eigenvalue weighted by Gasteiger charge is -2.12. The zero-order valence-corrected chi connectivity index (χ0v) is 8.63. The Morgan fingerprint density at radius 2 is 1.86 bits per heavy atom. The summed E-state index contributed by atoms with van der Waals surface area (Å²) < 4.78 is 8.94. The number of thioether (sulfide) groups is 1. The largest absolute Gasteiger partial charge is 0.468 e. The average molecular weight is 218 g/mol. The fourth-order valence-corrected chi connectivity index (χ4v) is 2.44. The molecule has 0 aromatic heterocycles. The Morgan fingerprint density at radius 3 is 2.36 bits per heavy atom. The van der Waals surface area contributed by atoms with E-state index in [4.69, 9.17) is 0 Å². The van der Waals surface area contributed by atoms with Crippen molar-refractivity contribution in [3.8, 4) is 0 Å². The summed E-state index contributed by atoms with van der Waals surface area (Å²) in [7, 11) is 2.41. The maximum Gasteiger partial charge on any atom is 0.320 e. The van der Waals surface area contributed by atoms with Gasteiger partial charge in [-0.3, -0.25) is 14.4 Å². The Hall–Kier alpha value is -1.04. The van der Waals surface area contributed by atoms with E-state index in [2.05, 4.69) is 9.47 Å². The molecule has 0 aliphatic carbocycles. The van der Waals surface area contributed by atoms with Crippen LogP contribution in [0, 0.1) is 5.92 Å². The third kappa shape index (κ3) is 1.89. The molecule has 2 atom stereocenters. The van der Waals surface area contributed by atoms with E-state index in [1.807, 2.05) is 0 Å². The summed E-state index contributed by atoms with van der Waals surface area (Å²) in [5, 5.41) is -0.750. The first-order valence-electron chi connectivity index (χ1n) is 3.91. The van der Waals surface area contributed by atoms with Crippen LogP contribution in [0.25, 0.3) is 0 Å². The van der Waals surface area contributed by atoms with Gasteiger partial charge in [-0.15, -0.1) is 11.8 Å². The lowest BCUT2D eigenvalue weighted by atomic mass is 10.0. The van der Waals surface area contributed by atoms with Gasteiger partial charge in [0.05, 0.1) is 20.0 Å². The van der Waals surface area contributed by atoms with E-state index in [0.29, 0.717) is 0 Å². The second-order valence-corrected chi connectivity index (χ2v) is 3.85. The Balaban J connectivity index is 2.81. The molecule has 6 heteroatoms. The minimum Gasteiger partial charge on any atom is -0.468 e. The summed E-state index contributed by atoms with van der Waals surface area (Å²) in [5.41, 5.74) is 0. The quantitative estimate of drug-likeness (QED) is 0.465. The highest BCUT2D eigenvalue weighted by atomic mass is 32.2. The van der Waals surface area contributed by atoms with Crippen molar-refractivity contribution in [2.24, 2.45) is 5.92 Å². The van der Waals surface area contributed by atoms with E-state index in [0.717, 1.165) is 11.8 Å². The van der Waals surface area contributed by atoms with Crippen molar-refractivity contribution in [3.05, 3.63) is 0 Å². The molecule has 0 N–H and O–H groups in total. The van der Waals surface area contributed by atoms with Crippen molar-refractivity contribution in [2.45, 2.75) is 5.25 Å². The number of hydrogen-bond donors (Lipinski definition) is 0. The van der Waals surface area contributed by atoms with Crippen molar-refractivity contribution in [2.75, 3.05) is 20.0 Å². The van der Waals surface area contributed by atoms with Crippen molar-refractivity contribution in [1.29, 1.82) is 0 Å². The summed E-state index contributed by atoms with van der Waals surface area (Å²) in [6, 6.07) is 0. The van der Waals surface area contributed by atoms with E-state index in [9.17, 15) is 14.4 Å². The molecular formula is C8H10O5S. The Kier molecular flexibility index (Phi) is 3.51. The minimum absolute atomic E-state index is 0.152. The molecule has 0 bridgehead atoms. The summed E-state index contributed by atoms with van der Waals surface area (Å²) in [5.74, 6) is -2.36. The van der Waals surface area contributed by atoms with Crippen molar-refractivity contribution in [1.82, 2.24) is 0 Å². The molecule has 0 amide bonds. The van der Waals surface area contributed by atoms with E-state index in [1.54, 1.807) is 0 Å². The van der Waals surface area contributed by atoms with Crippen LogP contribution in [-0.4, -0.2) is 42.9 Å². The third-order valence-electron chi connectivity index (χ3n) is 1.94. The summed E-state index contributed by atoms with van der Waals surface area (Å²) in [4.78, 5) is 33.7. The van der Waals surface area contributed by atoms with Gasteiger partial charge >= 0.3 is 11.9 Å². The zero-order valence-electron chi connectivity index (χ0n) is 7.81. The number of carbonyl (C=O) groups excluding carboxylic acids is 3. The first-order chi connectivity index (χ1) is 6.61. The van der Waals surface area contributed by atoms with Gasteiger partial charge in [-0.2, -0.15) is 0 Å². The standard InChI is InChI=1S/C8H10O5S/c1-12-7(10)5-4(9)3-14-6(5)8(11)13-2/h5-6H,3H2,1-2H3/t5-,6-/m0/s1. The molecule has 1 fully saturated rings. The highest BCUT2D eigenvalue weighted by molar-refractivity contribution is 8.01. The molecule has 5 nitrogen and oxygen atoms in total. The van der Waals surface area contributed by atoms with Crippen molar-refractivity contribution in [3.63, 3.8) is 0 Å². The molecule has 78 valence electrons. The number of ketones is 1. The topological polar surface area (TPSA) is 69.7 Å². The predicted molar refractivity (Wildman–Crippen MR) is 48.8 cm³/mol. The van der Waals surface area contributed by atoms with E-state index in [1.165, 1.54) is 14.2 Å². The van der Waals surface area contributed by atoms with Crippen LogP contribution < -0.4 is 0 Å². The Bertz CT molecular complexity index is 275.